The summed E-state index contributed by atoms with van der Waals surface area (Å²) in [5.74, 6) is -0.662. The van der Waals surface area contributed by atoms with Crippen LogP contribution in [-0.2, 0) is 11.2 Å². The van der Waals surface area contributed by atoms with E-state index in [1.807, 2.05) is 6.92 Å². The Morgan fingerprint density at radius 1 is 1.47 bits per heavy atom. The van der Waals surface area contributed by atoms with Gasteiger partial charge in [0, 0.05) is 37.8 Å². The van der Waals surface area contributed by atoms with Gasteiger partial charge in [-0.25, -0.2) is 9.78 Å². The molecule has 0 aliphatic carbocycles. The van der Waals surface area contributed by atoms with Crippen molar-refractivity contribution in [3.8, 4) is 0 Å². The second-order valence-electron chi connectivity index (χ2n) is 4.50. The summed E-state index contributed by atoms with van der Waals surface area (Å²) in [5, 5.41) is 14.0. The molecule has 4 N–H and O–H groups in total. The highest BCUT2D eigenvalue weighted by Crippen LogP contribution is 2.03. The van der Waals surface area contributed by atoms with Crippen LogP contribution in [0.5, 0.6) is 0 Å². The second-order valence-corrected chi connectivity index (χ2v) is 4.50. The van der Waals surface area contributed by atoms with E-state index >= 15 is 0 Å². The Balaban J connectivity index is 2.05. The highest BCUT2D eigenvalue weighted by molar-refractivity contribution is 5.73. The predicted molar refractivity (Wildman–Crippen MR) is 69.7 cm³/mol. The zero-order valence-electron chi connectivity index (χ0n) is 11.0. The molecule has 1 atom stereocenters. The molecule has 1 rings (SSSR count). The molecule has 7 nitrogen and oxygen atoms in total. The minimum atomic E-state index is -0.809. The molecule has 1 unspecified atom stereocenters. The molecular formula is C12H20N4O3. The maximum absolute atomic E-state index is 11.4. The van der Waals surface area contributed by atoms with Gasteiger partial charge >= 0.3 is 12.0 Å². The van der Waals surface area contributed by atoms with Crippen LogP contribution in [-0.4, -0.2) is 40.2 Å². The van der Waals surface area contributed by atoms with E-state index in [0.29, 0.717) is 25.9 Å². The molecule has 7 heteroatoms. The van der Waals surface area contributed by atoms with E-state index in [9.17, 15) is 9.59 Å². The maximum Gasteiger partial charge on any atom is 0.314 e. The van der Waals surface area contributed by atoms with Gasteiger partial charge < -0.3 is 20.7 Å². The molecule has 0 spiro atoms. The minimum Gasteiger partial charge on any atom is -0.481 e. The van der Waals surface area contributed by atoms with Crippen LogP contribution in [0.4, 0.5) is 4.79 Å². The minimum absolute atomic E-state index is 0.129. The van der Waals surface area contributed by atoms with Gasteiger partial charge in [-0.1, -0.05) is 6.92 Å². The quantitative estimate of drug-likeness (QED) is 0.558. The lowest BCUT2D eigenvalue weighted by Gasteiger charge is -2.12. The first-order valence-electron chi connectivity index (χ1n) is 6.28. The number of urea groups is 1. The first-order valence-corrected chi connectivity index (χ1v) is 6.28. The number of carboxylic acids is 1. The van der Waals surface area contributed by atoms with Crippen molar-refractivity contribution in [3.63, 3.8) is 0 Å². The Kier molecular flexibility index (Phi) is 6.42. The number of imidazole rings is 1. The zero-order valence-corrected chi connectivity index (χ0v) is 11.0. The fourth-order valence-corrected chi connectivity index (χ4v) is 1.53. The number of aromatic nitrogens is 2. The summed E-state index contributed by atoms with van der Waals surface area (Å²) >= 11 is 0. The molecule has 0 fully saturated rings. The Hall–Kier alpha value is -2.05. The second kappa shape index (κ2) is 8.12. The molecule has 19 heavy (non-hydrogen) atoms. The first kappa shape index (κ1) is 15.0. The highest BCUT2D eigenvalue weighted by Gasteiger charge is 2.07. The monoisotopic (exact) mass is 268 g/mol. The third kappa shape index (κ3) is 7.07. The van der Waals surface area contributed by atoms with E-state index in [2.05, 4.69) is 20.6 Å². The largest absolute Gasteiger partial charge is 0.481 e. The highest BCUT2D eigenvalue weighted by atomic mass is 16.4. The van der Waals surface area contributed by atoms with Gasteiger partial charge in [0.25, 0.3) is 0 Å². The number of aromatic amines is 1. The number of rotatable bonds is 8. The Morgan fingerprint density at radius 3 is 2.89 bits per heavy atom. The molecule has 0 saturated carbocycles. The van der Waals surface area contributed by atoms with E-state index < -0.39 is 5.97 Å². The Labute approximate surface area is 111 Å². The van der Waals surface area contributed by atoms with Gasteiger partial charge in [-0.05, 0) is 12.3 Å². The van der Waals surface area contributed by atoms with Crippen LogP contribution >= 0.6 is 0 Å². The molecule has 0 radical (unpaired) electrons. The number of hydrogen-bond acceptors (Lipinski definition) is 3. The van der Waals surface area contributed by atoms with Gasteiger partial charge in [0.05, 0.1) is 6.33 Å². The van der Waals surface area contributed by atoms with Crippen molar-refractivity contribution in [1.29, 1.82) is 0 Å². The normalized spacial score (nSPS) is 11.8. The van der Waals surface area contributed by atoms with Crippen molar-refractivity contribution in [2.75, 3.05) is 13.1 Å². The summed E-state index contributed by atoms with van der Waals surface area (Å²) in [6.45, 7) is 2.91. The van der Waals surface area contributed by atoms with Crippen molar-refractivity contribution < 1.29 is 14.7 Å². The lowest BCUT2D eigenvalue weighted by molar-refractivity contribution is -0.137. The summed E-state index contributed by atoms with van der Waals surface area (Å²) in [5.41, 5.74) is 0.968. The molecule has 0 saturated heterocycles. The summed E-state index contributed by atoms with van der Waals surface area (Å²) in [4.78, 5) is 28.7. The van der Waals surface area contributed by atoms with Crippen LogP contribution in [0, 0.1) is 5.92 Å². The van der Waals surface area contributed by atoms with Crippen molar-refractivity contribution in [3.05, 3.63) is 18.2 Å². The molecule has 0 bridgehead atoms. The van der Waals surface area contributed by atoms with E-state index in [1.54, 1.807) is 12.5 Å². The summed E-state index contributed by atoms with van der Waals surface area (Å²) in [6, 6.07) is -0.235. The fourth-order valence-electron chi connectivity index (χ4n) is 1.53. The van der Waals surface area contributed by atoms with Crippen molar-refractivity contribution in [2.24, 2.45) is 5.92 Å². The number of carbonyl (C=O) groups excluding carboxylic acids is 1. The molecule has 0 aliphatic rings. The van der Waals surface area contributed by atoms with Crippen LogP contribution < -0.4 is 10.6 Å². The molecule has 1 aromatic rings. The average Bonchev–Trinajstić information content (AvgIpc) is 2.87. The summed E-state index contributed by atoms with van der Waals surface area (Å²) < 4.78 is 0. The number of nitrogens with zero attached hydrogens (tertiary/aromatic N) is 1. The van der Waals surface area contributed by atoms with Gasteiger partial charge in [0.1, 0.15) is 0 Å². The van der Waals surface area contributed by atoms with Crippen LogP contribution in [0.3, 0.4) is 0 Å². The molecule has 1 aromatic heterocycles. The van der Waals surface area contributed by atoms with Gasteiger partial charge in [0.2, 0.25) is 0 Å². The Morgan fingerprint density at radius 2 is 2.26 bits per heavy atom. The molecule has 1 heterocycles. The van der Waals surface area contributed by atoms with Gasteiger partial charge in [0.15, 0.2) is 0 Å². The van der Waals surface area contributed by atoms with Crippen LogP contribution in [0.15, 0.2) is 12.5 Å². The third-order valence-electron chi connectivity index (χ3n) is 2.70. The maximum atomic E-state index is 11.4. The summed E-state index contributed by atoms with van der Waals surface area (Å²) in [7, 11) is 0. The predicted octanol–water partition coefficient (Wildman–Crippen LogP) is 0.752. The molecule has 106 valence electrons. The Bertz CT molecular complexity index is 392. The first-order chi connectivity index (χ1) is 9.08. The van der Waals surface area contributed by atoms with Crippen LogP contribution in [0.2, 0.25) is 0 Å². The number of carbonyl (C=O) groups is 2. The molecule has 0 aliphatic heterocycles. The van der Waals surface area contributed by atoms with Gasteiger partial charge in [-0.3, -0.25) is 4.79 Å². The standard InChI is InChI=1S/C12H20N4O3/c1-9(2-3-11(17)18)6-15-12(19)14-5-4-10-7-13-8-16-10/h7-9H,2-6H2,1H3,(H,13,16)(H,17,18)(H2,14,15,19). The van der Waals surface area contributed by atoms with Gasteiger partial charge in [-0.2, -0.15) is 0 Å². The van der Waals surface area contributed by atoms with E-state index in [0.717, 1.165) is 5.69 Å². The number of amides is 2. The SMILES string of the molecule is CC(CCC(=O)O)CNC(=O)NCCc1cnc[nH]1. The van der Waals surface area contributed by atoms with Crippen LogP contribution in [0.25, 0.3) is 0 Å². The number of H-pyrrole nitrogens is 1. The topological polar surface area (TPSA) is 107 Å². The molecular weight excluding hydrogens is 248 g/mol. The number of carboxylic acid groups (broad SMARTS) is 1. The van der Waals surface area contributed by atoms with Gasteiger partial charge in [-0.15, -0.1) is 0 Å². The van der Waals surface area contributed by atoms with Crippen molar-refractivity contribution in [1.82, 2.24) is 20.6 Å². The van der Waals surface area contributed by atoms with Crippen molar-refractivity contribution >= 4 is 12.0 Å². The van der Waals surface area contributed by atoms with E-state index in [4.69, 9.17) is 5.11 Å². The lowest BCUT2D eigenvalue weighted by atomic mass is 10.1. The van der Waals surface area contributed by atoms with Crippen molar-refractivity contribution in [2.45, 2.75) is 26.2 Å². The van der Waals surface area contributed by atoms with E-state index in [-0.39, 0.29) is 18.4 Å². The van der Waals surface area contributed by atoms with E-state index in [1.165, 1.54) is 0 Å². The number of hydrogen-bond donors (Lipinski definition) is 4. The average molecular weight is 268 g/mol. The third-order valence-corrected chi connectivity index (χ3v) is 2.70. The fraction of sp³-hybridized carbons (Fsp3) is 0.583. The molecule has 2 amide bonds. The number of nitrogens with one attached hydrogen (secondary N) is 3. The van der Waals surface area contributed by atoms with Crippen LogP contribution in [0.1, 0.15) is 25.5 Å². The number of aliphatic carboxylic acids is 1. The lowest BCUT2D eigenvalue weighted by Crippen LogP contribution is -2.38. The smallest absolute Gasteiger partial charge is 0.314 e. The molecule has 0 aromatic carbocycles. The zero-order chi connectivity index (χ0) is 14.1. The summed E-state index contributed by atoms with van der Waals surface area (Å²) in [6.07, 6.45) is 4.70.